The molecule has 0 aromatic heterocycles. The van der Waals surface area contributed by atoms with E-state index in [1.54, 1.807) is 30.9 Å². The van der Waals surface area contributed by atoms with E-state index in [4.69, 9.17) is 9.47 Å². The van der Waals surface area contributed by atoms with E-state index in [2.05, 4.69) is 24.5 Å². The van der Waals surface area contributed by atoms with Crippen LogP contribution in [0.15, 0.2) is 24.3 Å². The molecule has 3 N–H and O–H groups in total. The Bertz CT molecular complexity index is 1490. The molecule has 1 heterocycles. The van der Waals surface area contributed by atoms with E-state index in [9.17, 15) is 29.1 Å². The van der Waals surface area contributed by atoms with E-state index in [1.165, 1.54) is 7.11 Å². The monoisotopic (exact) mass is 830 g/mol. The number of nitrogens with zero attached hydrogens (tertiary/aromatic N) is 3. The second-order valence-corrected chi connectivity index (χ2v) is 17.5. The summed E-state index contributed by atoms with van der Waals surface area (Å²) in [7, 11) is 6.73. The van der Waals surface area contributed by atoms with Gasteiger partial charge in [0.25, 0.3) is 0 Å². The predicted molar refractivity (Wildman–Crippen MR) is 233 cm³/mol. The lowest BCUT2D eigenvalue weighted by atomic mass is 9.89. The van der Waals surface area contributed by atoms with Crippen LogP contribution in [-0.2, 0) is 46.3 Å². The van der Waals surface area contributed by atoms with Gasteiger partial charge in [-0.15, -0.1) is 0 Å². The molecule has 1 aliphatic rings. The minimum absolute atomic E-state index is 0.00894. The highest BCUT2D eigenvalue weighted by atomic mass is 16.5. The number of aryl methyl sites for hydroxylation is 1. The maximum Gasteiger partial charge on any atom is 0.326 e. The van der Waals surface area contributed by atoms with E-state index in [-0.39, 0.29) is 48.3 Å². The van der Waals surface area contributed by atoms with Crippen LogP contribution in [0.25, 0.3) is 0 Å². The number of hydrogen-bond donors (Lipinski definition) is 3. The highest BCUT2D eigenvalue weighted by Gasteiger charge is 2.43. The normalized spacial score (nSPS) is 18.5. The Morgan fingerprint density at radius 2 is 1.56 bits per heavy atom. The third-order valence-electron chi connectivity index (χ3n) is 12.3. The molecule has 0 aliphatic carbocycles. The topological polar surface area (TPSA) is 158 Å². The maximum absolute atomic E-state index is 14.4. The fraction of sp³-hybridized carbons (Fsp3) is 0.761. The quantitative estimate of drug-likeness (QED) is 0.109. The minimum Gasteiger partial charge on any atom is -0.480 e. The average Bonchev–Trinajstić information content (AvgIpc) is 3.68. The van der Waals surface area contributed by atoms with Crippen molar-refractivity contribution in [3.63, 3.8) is 0 Å². The van der Waals surface area contributed by atoms with Crippen LogP contribution in [0.5, 0.6) is 0 Å². The van der Waals surface area contributed by atoms with Crippen molar-refractivity contribution in [1.82, 2.24) is 25.3 Å². The molecule has 4 amide bonds. The summed E-state index contributed by atoms with van der Waals surface area (Å²) < 4.78 is 12.0. The molecule has 1 aliphatic heterocycles. The van der Waals surface area contributed by atoms with Gasteiger partial charge in [-0.05, 0) is 74.6 Å². The number of carboxylic acids is 1. The zero-order valence-electron chi connectivity index (χ0n) is 38.6. The van der Waals surface area contributed by atoms with Gasteiger partial charge in [0.05, 0.1) is 42.7 Å². The number of ether oxygens (including phenoxy) is 2. The molecule has 13 nitrogen and oxygen atoms in total. The van der Waals surface area contributed by atoms with Gasteiger partial charge in [-0.1, -0.05) is 99.4 Å². The predicted octanol–water partition coefficient (Wildman–Crippen LogP) is 5.57. The first kappa shape index (κ1) is 51.6. The molecular formula is C46H79N5O8. The number of methoxy groups -OCH3 is 2. The van der Waals surface area contributed by atoms with Crippen molar-refractivity contribution in [1.29, 1.82) is 0 Å². The van der Waals surface area contributed by atoms with Gasteiger partial charge in [0.1, 0.15) is 12.1 Å². The number of likely N-dealkylation sites (tertiary alicyclic amines) is 1. The number of amides is 4. The third kappa shape index (κ3) is 14.6. The number of carbonyl (C=O) groups excluding carboxylic acids is 4. The molecule has 1 fully saturated rings. The summed E-state index contributed by atoms with van der Waals surface area (Å²) >= 11 is 0. The van der Waals surface area contributed by atoms with E-state index in [0.29, 0.717) is 19.4 Å². The summed E-state index contributed by atoms with van der Waals surface area (Å²) in [5, 5.41) is 15.9. The van der Waals surface area contributed by atoms with Gasteiger partial charge in [-0.3, -0.25) is 24.1 Å². The zero-order valence-corrected chi connectivity index (χ0v) is 38.6. The van der Waals surface area contributed by atoms with Gasteiger partial charge in [0, 0.05) is 34.2 Å². The van der Waals surface area contributed by atoms with Crippen LogP contribution in [-0.4, -0.2) is 133 Å². The Kier molecular flexibility index (Phi) is 22.1. The van der Waals surface area contributed by atoms with Crippen LogP contribution in [0.2, 0.25) is 0 Å². The van der Waals surface area contributed by atoms with Crippen LogP contribution in [0, 0.1) is 23.7 Å². The summed E-state index contributed by atoms with van der Waals surface area (Å²) in [5.74, 6) is -3.14. The van der Waals surface area contributed by atoms with Crippen LogP contribution in [0.1, 0.15) is 118 Å². The van der Waals surface area contributed by atoms with Crippen LogP contribution in [0.3, 0.4) is 0 Å². The Hall–Kier alpha value is -3.55. The highest BCUT2D eigenvalue weighted by Crippen LogP contribution is 2.30. The fourth-order valence-electron chi connectivity index (χ4n) is 8.81. The lowest BCUT2D eigenvalue weighted by Gasteiger charge is -2.41. The first-order chi connectivity index (χ1) is 27.9. The minimum atomic E-state index is -1.13. The number of likely N-dealkylation sites (N-methyl/N-ethyl adjacent to an activating group) is 2. The van der Waals surface area contributed by atoms with E-state index in [0.717, 1.165) is 49.8 Å². The maximum atomic E-state index is 14.4. The molecule has 1 aromatic carbocycles. The molecule has 0 spiro atoms. The van der Waals surface area contributed by atoms with Crippen molar-refractivity contribution < 1.29 is 38.6 Å². The van der Waals surface area contributed by atoms with Gasteiger partial charge < -0.3 is 35.0 Å². The number of carboxylic acid groups (broad SMARTS) is 1. The average molecular weight is 830 g/mol. The first-order valence-corrected chi connectivity index (χ1v) is 22.1. The Balaban J connectivity index is 2.28. The molecule has 0 saturated carbocycles. The fourth-order valence-corrected chi connectivity index (χ4v) is 8.81. The van der Waals surface area contributed by atoms with Gasteiger partial charge in [-0.25, -0.2) is 4.79 Å². The van der Waals surface area contributed by atoms with Gasteiger partial charge in [0.15, 0.2) is 0 Å². The van der Waals surface area contributed by atoms with Gasteiger partial charge >= 0.3 is 5.97 Å². The Morgan fingerprint density at radius 1 is 0.898 bits per heavy atom. The first-order valence-electron chi connectivity index (χ1n) is 22.1. The molecule has 336 valence electrons. The van der Waals surface area contributed by atoms with Crippen molar-refractivity contribution >= 4 is 29.6 Å². The van der Waals surface area contributed by atoms with Gasteiger partial charge in [0.2, 0.25) is 23.6 Å². The molecule has 13 heteroatoms. The number of aliphatic carboxylic acids is 1. The Labute approximate surface area is 355 Å². The van der Waals surface area contributed by atoms with E-state index >= 15 is 0 Å². The standard InChI is InChI=1S/C46H79N5O8/c1-14-17-20-33-21-18-22-34(26-33)27-35(46(56)57)47-43(53)32(9)42(59-13)36-23-19-25-51(36)38(52)28-37(58-12)41(31(8)16-3)50(11)45(55)39(29(4)5)48-44(54)40(30(6)7)49(10)24-15-2/h18,21-22,26,29-32,35-37,39-42H,14-17,19-20,23-25,27-28H2,1-13H3,(H,47,53)(H,48,54)(H,56,57)/t31-,32+,35-,36-,37+,39-,40-,41-,42+/m0/s1. The molecule has 0 unspecified atom stereocenters. The number of carbonyl (C=O) groups is 5. The summed E-state index contributed by atoms with van der Waals surface area (Å²) in [6.45, 7) is 19.1. The van der Waals surface area contributed by atoms with Crippen molar-refractivity contribution in [3.8, 4) is 0 Å². The molecule has 1 aromatic rings. The number of unbranched alkanes of at least 4 members (excludes halogenated alkanes) is 1. The van der Waals surface area contributed by atoms with E-state index < -0.39 is 60.2 Å². The molecule has 1 saturated heterocycles. The summed E-state index contributed by atoms with van der Waals surface area (Å²) in [6, 6.07) is 4.63. The zero-order chi connectivity index (χ0) is 44.6. The largest absolute Gasteiger partial charge is 0.480 e. The molecule has 0 radical (unpaired) electrons. The number of rotatable bonds is 26. The Morgan fingerprint density at radius 3 is 2.10 bits per heavy atom. The van der Waals surface area contributed by atoms with Crippen molar-refractivity contribution in [2.75, 3.05) is 41.4 Å². The lowest BCUT2D eigenvalue weighted by molar-refractivity contribution is -0.148. The molecule has 9 atom stereocenters. The number of benzene rings is 1. The molecule has 2 rings (SSSR count). The van der Waals surface area contributed by atoms with Gasteiger partial charge in [-0.2, -0.15) is 0 Å². The summed E-state index contributed by atoms with van der Waals surface area (Å²) in [5.41, 5.74) is 1.97. The van der Waals surface area contributed by atoms with Crippen molar-refractivity contribution in [3.05, 3.63) is 35.4 Å². The third-order valence-corrected chi connectivity index (χ3v) is 12.3. The molecule has 0 bridgehead atoms. The highest BCUT2D eigenvalue weighted by molar-refractivity contribution is 5.90. The SMILES string of the molecule is CCCCc1cccc(C[C@H](NC(=O)[C@H](C)[C@@H](OC)[C@@H]2CCCN2C(=O)C[C@@H](OC)[C@H]([C@@H](C)CC)N(C)C(=O)[C@@H](NC(=O)[C@H](C(C)C)N(C)CCC)C(C)C)C(=O)O)c1. The smallest absolute Gasteiger partial charge is 0.326 e. The number of hydrogen-bond acceptors (Lipinski definition) is 8. The lowest BCUT2D eigenvalue weighted by Crippen LogP contribution is -2.60. The summed E-state index contributed by atoms with van der Waals surface area (Å²) in [4.78, 5) is 73.9. The van der Waals surface area contributed by atoms with Crippen LogP contribution < -0.4 is 10.6 Å². The molecule has 59 heavy (non-hydrogen) atoms. The molecular weight excluding hydrogens is 751 g/mol. The second kappa shape index (κ2) is 25.3. The van der Waals surface area contributed by atoms with Crippen molar-refractivity contribution in [2.45, 2.75) is 163 Å². The van der Waals surface area contributed by atoms with Crippen LogP contribution in [0.4, 0.5) is 0 Å². The second-order valence-electron chi connectivity index (χ2n) is 17.5. The van der Waals surface area contributed by atoms with E-state index in [1.807, 2.05) is 77.8 Å². The summed E-state index contributed by atoms with van der Waals surface area (Å²) in [6.07, 6.45) is 4.73. The number of nitrogens with one attached hydrogen (secondary N) is 2. The van der Waals surface area contributed by atoms with Crippen LogP contribution >= 0.6 is 0 Å². The van der Waals surface area contributed by atoms with Crippen molar-refractivity contribution in [2.24, 2.45) is 23.7 Å².